The van der Waals surface area contributed by atoms with E-state index in [-0.39, 0.29) is 0 Å². The van der Waals surface area contributed by atoms with Crippen LogP contribution in [-0.2, 0) is 0 Å². The monoisotopic (exact) mass is 262 g/mol. The van der Waals surface area contributed by atoms with Crippen molar-refractivity contribution in [3.8, 4) is 0 Å². The van der Waals surface area contributed by atoms with Gasteiger partial charge >= 0.3 is 0 Å². The highest BCUT2D eigenvalue weighted by Gasteiger charge is 2.05. The predicted molar refractivity (Wildman–Crippen MR) is 75.8 cm³/mol. The molecule has 0 unspecified atom stereocenters. The van der Waals surface area contributed by atoms with Crippen LogP contribution in [0.1, 0.15) is 5.82 Å². The highest BCUT2D eigenvalue weighted by atomic mass is 35.5. The standard InChI is InChI=1S/C13H15ClN4/c1-9-15-12(14)8-13(16-9)17-10-6-4-5-7-11(10)18(2)3/h4-8H,1-3H3,(H,15,16,17). The number of anilines is 3. The van der Waals surface area contributed by atoms with Gasteiger partial charge in [-0.2, -0.15) is 0 Å². The van der Waals surface area contributed by atoms with Gasteiger partial charge < -0.3 is 10.2 Å². The lowest BCUT2D eigenvalue weighted by Crippen LogP contribution is -2.11. The molecule has 2 rings (SSSR count). The van der Waals surface area contributed by atoms with Crippen molar-refractivity contribution in [2.24, 2.45) is 0 Å². The Morgan fingerprint density at radius 1 is 1.17 bits per heavy atom. The van der Waals surface area contributed by atoms with Crippen LogP contribution >= 0.6 is 11.6 Å². The van der Waals surface area contributed by atoms with Gasteiger partial charge in [0, 0.05) is 20.2 Å². The second-order valence-corrected chi connectivity index (χ2v) is 4.55. The fraction of sp³-hybridized carbons (Fsp3) is 0.231. The Bertz CT molecular complexity index is 534. The summed E-state index contributed by atoms with van der Waals surface area (Å²) in [5.74, 6) is 1.34. The highest BCUT2D eigenvalue weighted by Crippen LogP contribution is 2.26. The molecule has 18 heavy (non-hydrogen) atoms. The fourth-order valence-electron chi connectivity index (χ4n) is 1.70. The second-order valence-electron chi connectivity index (χ2n) is 4.16. The lowest BCUT2D eigenvalue weighted by Gasteiger charge is -2.18. The Labute approximate surface area is 112 Å². The molecule has 0 bridgehead atoms. The van der Waals surface area contributed by atoms with Crippen LogP contribution in [0, 0.1) is 6.92 Å². The molecule has 1 aromatic carbocycles. The van der Waals surface area contributed by atoms with E-state index in [1.807, 2.05) is 50.2 Å². The van der Waals surface area contributed by atoms with E-state index >= 15 is 0 Å². The first-order chi connectivity index (χ1) is 8.56. The predicted octanol–water partition coefficient (Wildman–Crippen LogP) is 3.25. The van der Waals surface area contributed by atoms with Crippen molar-refractivity contribution in [3.63, 3.8) is 0 Å². The number of halogens is 1. The van der Waals surface area contributed by atoms with Crippen molar-refractivity contribution in [2.75, 3.05) is 24.3 Å². The first-order valence-corrected chi connectivity index (χ1v) is 5.98. The third-order valence-corrected chi connectivity index (χ3v) is 2.65. The van der Waals surface area contributed by atoms with Crippen LogP contribution in [0.4, 0.5) is 17.2 Å². The molecule has 1 N–H and O–H groups in total. The number of benzene rings is 1. The molecular weight excluding hydrogens is 248 g/mol. The minimum Gasteiger partial charge on any atom is -0.376 e. The van der Waals surface area contributed by atoms with Gasteiger partial charge in [-0.15, -0.1) is 0 Å². The van der Waals surface area contributed by atoms with E-state index in [1.54, 1.807) is 6.07 Å². The smallest absolute Gasteiger partial charge is 0.135 e. The molecule has 0 aliphatic carbocycles. The van der Waals surface area contributed by atoms with Gasteiger partial charge in [0.1, 0.15) is 16.8 Å². The SMILES string of the molecule is Cc1nc(Cl)cc(Nc2ccccc2N(C)C)n1. The summed E-state index contributed by atoms with van der Waals surface area (Å²) < 4.78 is 0. The van der Waals surface area contributed by atoms with E-state index in [4.69, 9.17) is 11.6 Å². The van der Waals surface area contributed by atoms with Crippen LogP contribution in [0.3, 0.4) is 0 Å². The van der Waals surface area contributed by atoms with E-state index < -0.39 is 0 Å². The summed E-state index contributed by atoms with van der Waals surface area (Å²) in [6.45, 7) is 1.81. The van der Waals surface area contributed by atoms with E-state index in [1.165, 1.54) is 0 Å². The quantitative estimate of drug-likeness (QED) is 0.862. The molecule has 0 saturated heterocycles. The number of rotatable bonds is 3. The van der Waals surface area contributed by atoms with Crippen LogP contribution in [0.15, 0.2) is 30.3 Å². The zero-order chi connectivity index (χ0) is 13.1. The zero-order valence-electron chi connectivity index (χ0n) is 10.6. The second kappa shape index (κ2) is 5.23. The fourth-order valence-corrected chi connectivity index (χ4v) is 1.93. The van der Waals surface area contributed by atoms with Gasteiger partial charge in [-0.25, -0.2) is 9.97 Å². The minimum absolute atomic E-state index is 0.437. The molecule has 0 fully saturated rings. The number of hydrogen-bond donors (Lipinski definition) is 1. The Balaban J connectivity index is 2.34. The summed E-state index contributed by atoms with van der Waals surface area (Å²) in [4.78, 5) is 10.4. The molecule has 0 radical (unpaired) electrons. The molecule has 0 saturated carbocycles. The number of para-hydroxylation sites is 2. The molecule has 1 aromatic heterocycles. The maximum Gasteiger partial charge on any atom is 0.135 e. The van der Waals surface area contributed by atoms with Gasteiger partial charge in [0.05, 0.1) is 11.4 Å². The van der Waals surface area contributed by atoms with Crippen LogP contribution in [0.25, 0.3) is 0 Å². The molecule has 0 amide bonds. The lowest BCUT2D eigenvalue weighted by atomic mass is 10.2. The molecule has 0 atom stereocenters. The summed E-state index contributed by atoms with van der Waals surface area (Å²) in [6, 6.07) is 9.73. The van der Waals surface area contributed by atoms with Crippen molar-refractivity contribution in [1.29, 1.82) is 0 Å². The normalized spacial score (nSPS) is 10.2. The third-order valence-electron chi connectivity index (χ3n) is 2.46. The molecule has 0 aliphatic heterocycles. The van der Waals surface area contributed by atoms with E-state index in [9.17, 15) is 0 Å². The number of nitrogens with one attached hydrogen (secondary N) is 1. The molecule has 0 spiro atoms. The minimum atomic E-state index is 0.437. The summed E-state index contributed by atoms with van der Waals surface area (Å²) >= 11 is 5.92. The largest absolute Gasteiger partial charge is 0.376 e. The number of aromatic nitrogens is 2. The molecule has 1 heterocycles. The van der Waals surface area contributed by atoms with E-state index in [2.05, 4.69) is 15.3 Å². The Hall–Kier alpha value is -1.81. The Morgan fingerprint density at radius 2 is 1.89 bits per heavy atom. The van der Waals surface area contributed by atoms with Crippen molar-refractivity contribution in [3.05, 3.63) is 41.3 Å². The average Bonchev–Trinajstić information content (AvgIpc) is 2.27. The van der Waals surface area contributed by atoms with Crippen LogP contribution in [0.5, 0.6) is 0 Å². The number of aryl methyl sites for hydroxylation is 1. The maximum absolute atomic E-state index is 5.92. The zero-order valence-corrected chi connectivity index (χ0v) is 11.4. The topological polar surface area (TPSA) is 41.1 Å². The molecule has 2 aromatic rings. The highest BCUT2D eigenvalue weighted by molar-refractivity contribution is 6.29. The Kier molecular flexibility index (Phi) is 3.67. The summed E-state index contributed by atoms with van der Waals surface area (Å²) in [5, 5.41) is 3.70. The van der Waals surface area contributed by atoms with Crippen LogP contribution < -0.4 is 10.2 Å². The first-order valence-electron chi connectivity index (χ1n) is 5.61. The van der Waals surface area contributed by atoms with E-state index in [0.29, 0.717) is 16.8 Å². The average molecular weight is 263 g/mol. The molecule has 5 heteroatoms. The summed E-state index contributed by atoms with van der Waals surface area (Å²) in [7, 11) is 4.00. The van der Waals surface area contributed by atoms with Crippen molar-refractivity contribution in [2.45, 2.75) is 6.92 Å². The number of hydrogen-bond acceptors (Lipinski definition) is 4. The third kappa shape index (κ3) is 2.90. The molecular formula is C13H15ClN4. The van der Waals surface area contributed by atoms with Gasteiger partial charge in [0.25, 0.3) is 0 Å². The first kappa shape index (κ1) is 12.6. The van der Waals surface area contributed by atoms with E-state index in [0.717, 1.165) is 11.4 Å². The van der Waals surface area contributed by atoms with Crippen molar-refractivity contribution < 1.29 is 0 Å². The molecule has 94 valence electrons. The van der Waals surface area contributed by atoms with Gasteiger partial charge in [-0.1, -0.05) is 23.7 Å². The molecule has 4 nitrogen and oxygen atoms in total. The van der Waals surface area contributed by atoms with Crippen molar-refractivity contribution in [1.82, 2.24) is 9.97 Å². The van der Waals surface area contributed by atoms with Gasteiger partial charge in [-0.3, -0.25) is 0 Å². The summed E-state index contributed by atoms with van der Waals surface area (Å²) in [6.07, 6.45) is 0. The van der Waals surface area contributed by atoms with Crippen LogP contribution in [-0.4, -0.2) is 24.1 Å². The lowest BCUT2D eigenvalue weighted by molar-refractivity contribution is 1.05. The maximum atomic E-state index is 5.92. The Morgan fingerprint density at radius 3 is 2.56 bits per heavy atom. The molecule has 0 aliphatic rings. The summed E-state index contributed by atoms with van der Waals surface area (Å²) in [5.41, 5.74) is 2.07. The van der Waals surface area contributed by atoms with Gasteiger partial charge in [-0.05, 0) is 19.1 Å². The number of nitrogens with zero attached hydrogens (tertiary/aromatic N) is 3. The van der Waals surface area contributed by atoms with Gasteiger partial charge in [0.2, 0.25) is 0 Å². The van der Waals surface area contributed by atoms with Crippen LogP contribution in [0.2, 0.25) is 5.15 Å². The van der Waals surface area contributed by atoms with Crippen molar-refractivity contribution >= 4 is 28.8 Å². The van der Waals surface area contributed by atoms with Gasteiger partial charge in [0.15, 0.2) is 0 Å².